The van der Waals surface area contributed by atoms with E-state index in [0.717, 1.165) is 16.8 Å². The van der Waals surface area contributed by atoms with Crippen molar-refractivity contribution in [2.24, 2.45) is 0 Å². The SMILES string of the molecule is Cc1cc(S(=O)(=O)N2CCc3c([nH]c4ccccc34)C2)ccc1Cl. The lowest BCUT2D eigenvalue weighted by atomic mass is 10.1. The molecule has 0 saturated carbocycles. The normalized spacial score (nSPS) is 15.6. The first kappa shape index (κ1) is 15.7. The zero-order valence-corrected chi connectivity index (χ0v) is 14.8. The van der Waals surface area contributed by atoms with Crippen molar-refractivity contribution >= 4 is 32.5 Å². The summed E-state index contributed by atoms with van der Waals surface area (Å²) in [5, 5.41) is 1.76. The molecule has 1 N–H and O–H groups in total. The van der Waals surface area contributed by atoms with Crippen molar-refractivity contribution < 1.29 is 8.42 Å². The van der Waals surface area contributed by atoms with Gasteiger partial charge in [0.2, 0.25) is 10.0 Å². The predicted molar refractivity (Wildman–Crippen MR) is 95.8 cm³/mol. The number of aromatic amines is 1. The Morgan fingerprint density at radius 1 is 1.17 bits per heavy atom. The van der Waals surface area contributed by atoms with E-state index in [2.05, 4.69) is 11.1 Å². The summed E-state index contributed by atoms with van der Waals surface area (Å²) in [4.78, 5) is 3.66. The average molecular weight is 361 g/mol. The lowest BCUT2D eigenvalue weighted by Crippen LogP contribution is -2.35. The Morgan fingerprint density at radius 2 is 1.96 bits per heavy atom. The van der Waals surface area contributed by atoms with Crippen LogP contribution in [0.1, 0.15) is 16.8 Å². The van der Waals surface area contributed by atoms with E-state index in [1.54, 1.807) is 18.2 Å². The van der Waals surface area contributed by atoms with Crippen molar-refractivity contribution in [3.8, 4) is 0 Å². The summed E-state index contributed by atoms with van der Waals surface area (Å²) in [5.74, 6) is 0. The maximum absolute atomic E-state index is 12.9. The van der Waals surface area contributed by atoms with Crippen molar-refractivity contribution in [2.45, 2.75) is 24.8 Å². The van der Waals surface area contributed by atoms with E-state index in [0.29, 0.717) is 29.4 Å². The van der Waals surface area contributed by atoms with Crippen molar-refractivity contribution in [2.75, 3.05) is 6.54 Å². The van der Waals surface area contributed by atoms with E-state index in [1.807, 2.05) is 25.1 Å². The molecule has 1 aromatic heterocycles. The number of aryl methyl sites for hydroxylation is 1. The maximum Gasteiger partial charge on any atom is 0.243 e. The highest BCUT2D eigenvalue weighted by Crippen LogP contribution is 2.30. The van der Waals surface area contributed by atoms with Crippen molar-refractivity contribution in [3.63, 3.8) is 0 Å². The third kappa shape index (κ3) is 2.44. The standard InChI is InChI=1S/C18H17ClN2O2S/c1-12-10-13(6-7-16(12)19)24(22,23)21-9-8-15-14-4-2-3-5-17(14)20-18(15)11-21/h2-7,10,20H,8-9,11H2,1H3. The highest BCUT2D eigenvalue weighted by atomic mass is 35.5. The number of fused-ring (bicyclic) bond motifs is 3. The van der Waals surface area contributed by atoms with Gasteiger partial charge in [-0.05, 0) is 48.7 Å². The van der Waals surface area contributed by atoms with Gasteiger partial charge < -0.3 is 4.98 Å². The van der Waals surface area contributed by atoms with Crippen LogP contribution in [0.3, 0.4) is 0 Å². The Morgan fingerprint density at radius 3 is 2.75 bits per heavy atom. The number of halogens is 1. The van der Waals surface area contributed by atoms with E-state index in [1.165, 1.54) is 15.3 Å². The third-order valence-electron chi connectivity index (χ3n) is 4.61. The number of rotatable bonds is 2. The molecular formula is C18H17ClN2O2S. The molecule has 0 unspecified atom stereocenters. The van der Waals surface area contributed by atoms with Gasteiger partial charge in [0.25, 0.3) is 0 Å². The van der Waals surface area contributed by atoms with Gasteiger partial charge in [-0.2, -0.15) is 4.31 Å². The smallest absolute Gasteiger partial charge is 0.243 e. The predicted octanol–water partition coefficient (Wildman–Crippen LogP) is 3.88. The van der Waals surface area contributed by atoms with Crippen molar-refractivity contribution in [3.05, 3.63) is 64.3 Å². The molecule has 4 rings (SSSR count). The lowest BCUT2D eigenvalue weighted by molar-refractivity contribution is 0.388. The number of hydrogen-bond donors (Lipinski definition) is 1. The minimum atomic E-state index is -3.53. The minimum Gasteiger partial charge on any atom is -0.357 e. The molecule has 0 bridgehead atoms. The number of aromatic nitrogens is 1. The monoisotopic (exact) mass is 360 g/mol. The molecule has 3 aromatic rings. The molecule has 0 spiro atoms. The second kappa shape index (κ2) is 5.62. The number of para-hydroxylation sites is 1. The first-order valence-corrected chi connectivity index (χ1v) is 9.63. The highest BCUT2D eigenvalue weighted by Gasteiger charge is 2.30. The minimum absolute atomic E-state index is 0.295. The molecule has 24 heavy (non-hydrogen) atoms. The first-order chi connectivity index (χ1) is 11.5. The zero-order valence-electron chi connectivity index (χ0n) is 13.2. The van der Waals surface area contributed by atoms with E-state index < -0.39 is 10.0 Å². The average Bonchev–Trinajstić information content (AvgIpc) is 2.95. The molecule has 6 heteroatoms. The van der Waals surface area contributed by atoms with Crippen LogP contribution in [0.2, 0.25) is 5.02 Å². The summed E-state index contributed by atoms with van der Waals surface area (Å²) in [6.45, 7) is 2.67. The Bertz CT molecular complexity index is 1040. The van der Waals surface area contributed by atoms with Crippen LogP contribution >= 0.6 is 11.6 Å². The van der Waals surface area contributed by atoms with Gasteiger partial charge in [0.15, 0.2) is 0 Å². The Labute approximate surface area is 146 Å². The van der Waals surface area contributed by atoms with Crippen LogP contribution in [-0.4, -0.2) is 24.3 Å². The summed E-state index contributed by atoms with van der Waals surface area (Å²) in [6, 6.07) is 12.9. The van der Waals surface area contributed by atoms with Crippen LogP contribution in [0.15, 0.2) is 47.4 Å². The molecule has 1 aliphatic heterocycles. The third-order valence-corrected chi connectivity index (χ3v) is 6.88. The fourth-order valence-corrected chi connectivity index (χ4v) is 4.91. The summed E-state index contributed by atoms with van der Waals surface area (Å²) < 4.78 is 27.4. The van der Waals surface area contributed by atoms with Crippen molar-refractivity contribution in [1.82, 2.24) is 9.29 Å². The van der Waals surface area contributed by atoms with Gasteiger partial charge in [-0.25, -0.2) is 8.42 Å². The molecule has 2 aromatic carbocycles. The molecule has 0 atom stereocenters. The molecule has 124 valence electrons. The van der Waals surface area contributed by atoms with Crippen LogP contribution in [-0.2, 0) is 23.0 Å². The topological polar surface area (TPSA) is 53.2 Å². The van der Waals surface area contributed by atoms with E-state index in [9.17, 15) is 8.42 Å². The number of nitrogens with one attached hydrogen (secondary N) is 1. The Kier molecular flexibility index (Phi) is 3.67. The van der Waals surface area contributed by atoms with Gasteiger partial charge in [0.05, 0.1) is 11.4 Å². The van der Waals surface area contributed by atoms with Crippen LogP contribution in [0.25, 0.3) is 10.9 Å². The number of benzene rings is 2. The zero-order chi connectivity index (χ0) is 16.9. The second-order valence-electron chi connectivity index (χ2n) is 6.13. The highest BCUT2D eigenvalue weighted by molar-refractivity contribution is 7.89. The fraction of sp³-hybridized carbons (Fsp3) is 0.222. The van der Waals surface area contributed by atoms with E-state index in [4.69, 9.17) is 11.6 Å². The van der Waals surface area contributed by atoms with Gasteiger partial charge in [0, 0.05) is 28.2 Å². The summed E-state index contributed by atoms with van der Waals surface area (Å²) in [6.07, 6.45) is 0.713. The number of hydrogen-bond acceptors (Lipinski definition) is 2. The first-order valence-electron chi connectivity index (χ1n) is 7.81. The van der Waals surface area contributed by atoms with Gasteiger partial charge >= 0.3 is 0 Å². The van der Waals surface area contributed by atoms with Gasteiger partial charge in [0.1, 0.15) is 0 Å². The molecule has 2 heterocycles. The van der Waals surface area contributed by atoms with Crippen LogP contribution in [0, 0.1) is 6.92 Å². The number of H-pyrrole nitrogens is 1. The van der Waals surface area contributed by atoms with Crippen LogP contribution < -0.4 is 0 Å². The Hall–Kier alpha value is -1.82. The summed E-state index contributed by atoms with van der Waals surface area (Å²) in [5.41, 5.74) is 4.03. The number of sulfonamides is 1. The summed E-state index contributed by atoms with van der Waals surface area (Å²) >= 11 is 6.02. The molecular weight excluding hydrogens is 344 g/mol. The molecule has 0 fully saturated rings. The van der Waals surface area contributed by atoms with Gasteiger partial charge in [-0.1, -0.05) is 29.8 Å². The summed E-state index contributed by atoms with van der Waals surface area (Å²) in [7, 11) is -3.53. The van der Waals surface area contributed by atoms with Crippen LogP contribution in [0.4, 0.5) is 0 Å². The largest absolute Gasteiger partial charge is 0.357 e. The lowest BCUT2D eigenvalue weighted by Gasteiger charge is -2.26. The van der Waals surface area contributed by atoms with E-state index in [-0.39, 0.29) is 0 Å². The van der Waals surface area contributed by atoms with Crippen molar-refractivity contribution in [1.29, 1.82) is 0 Å². The van der Waals surface area contributed by atoms with Gasteiger partial charge in [-0.3, -0.25) is 0 Å². The van der Waals surface area contributed by atoms with Gasteiger partial charge in [-0.15, -0.1) is 0 Å². The molecule has 1 aliphatic rings. The maximum atomic E-state index is 12.9. The quantitative estimate of drug-likeness (QED) is 0.754. The molecule has 0 aliphatic carbocycles. The Balaban J connectivity index is 1.72. The molecule has 0 amide bonds. The number of nitrogens with zero attached hydrogens (tertiary/aromatic N) is 1. The van der Waals surface area contributed by atoms with Crippen LogP contribution in [0.5, 0.6) is 0 Å². The molecule has 0 radical (unpaired) electrons. The second-order valence-corrected chi connectivity index (χ2v) is 8.47. The van der Waals surface area contributed by atoms with E-state index >= 15 is 0 Å². The fourth-order valence-electron chi connectivity index (χ4n) is 3.30. The molecule has 0 saturated heterocycles. The molecule has 4 nitrogen and oxygen atoms in total.